The van der Waals surface area contributed by atoms with Crippen LogP contribution >= 0.6 is 0 Å². The van der Waals surface area contributed by atoms with Crippen LogP contribution in [0.3, 0.4) is 0 Å². The number of nitrogens with one attached hydrogen (secondary N) is 1. The van der Waals surface area contributed by atoms with Crippen LogP contribution < -0.4 is 5.32 Å². The Bertz CT molecular complexity index is 427. The molecule has 0 spiro atoms. The molecular formula is C13H17F2NO. The van der Waals surface area contributed by atoms with E-state index < -0.39 is 17.0 Å². The van der Waals surface area contributed by atoms with Crippen molar-refractivity contribution < 1.29 is 13.5 Å². The summed E-state index contributed by atoms with van der Waals surface area (Å²) in [6.45, 7) is 4.89. The second-order valence-corrected chi connectivity index (χ2v) is 5.07. The highest BCUT2D eigenvalue weighted by Gasteiger charge is 2.52. The van der Waals surface area contributed by atoms with Crippen molar-refractivity contribution >= 4 is 0 Å². The maximum Gasteiger partial charge on any atom is 0.130 e. The first-order chi connectivity index (χ1) is 7.93. The van der Waals surface area contributed by atoms with E-state index in [1.54, 1.807) is 0 Å². The molecule has 0 radical (unpaired) electrons. The fourth-order valence-corrected chi connectivity index (χ4v) is 2.28. The first-order valence-corrected chi connectivity index (χ1v) is 5.65. The number of hydrogen-bond donors (Lipinski definition) is 1. The Labute approximate surface area is 100.0 Å². The van der Waals surface area contributed by atoms with Crippen LogP contribution in [-0.4, -0.2) is 25.8 Å². The van der Waals surface area contributed by atoms with Gasteiger partial charge in [-0.05, 0) is 27.0 Å². The van der Waals surface area contributed by atoms with E-state index in [4.69, 9.17) is 4.74 Å². The molecule has 2 nitrogen and oxygen atoms in total. The Balaban J connectivity index is 2.49. The molecular weight excluding hydrogens is 224 g/mol. The predicted octanol–water partition coefficient (Wildman–Crippen LogP) is 2.23. The smallest absolute Gasteiger partial charge is 0.130 e. The average Bonchev–Trinajstić information content (AvgIpc) is 2.19. The van der Waals surface area contributed by atoms with Crippen molar-refractivity contribution in [3.05, 3.63) is 35.4 Å². The fourth-order valence-electron chi connectivity index (χ4n) is 2.28. The van der Waals surface area contributed by atoms with Crippen molar-refractivity contribution in [3.63, 3.8) is 0 Å². The number of benzene rings is 1. The summed E-state index contributed by atoms with van der Waals surface area (Å²) >= 11 is 0. The van der Waals surface area contributed by atoms with Gasteiger partial charge in [-0.1, -0.05) is 6.07 Å². The van der Waals surface area contributed by atoms with E-state index in [1.807, 2.05) is 20.9 Å². The van der Waals surface area contributed by atoms with Gasteiger partial charge in [0.15, 0.2) is 0 Å². The van der Waals surface area contributed by atoms with Crippen LogP contribution in [0.5, 0.6) is 0 Å². The summed E-state index contributed by atoms with van der Waals surface area (Å²) < 4.78 is 32.1. The highest BCUT2D eigenvalue weighted by Crippen LogP contribution is 2.42. The molecule has 1 aromatic rings. The molecule has 1 aliphatic rings. The molecule has 0 amide bonds. The van der Waals surface area contributed by atoms with E-state index in [2.05, 4.69) is 5.32 Å². The minimum absolute atomic E-state index is 0.316. The summed E-state index contributed by atoms with van der Waals surface area (Å²) in [5, 5.41) is 3.18. The van der Waals surface area contributed by atoms with Gasteiger partial charge in [-0.2, -0.15) is 0 Å². The summed E-state index contributed by atoms with van der Waals surface area (Å²) in [4.78, 5) is 0. The topological polar surface area (TPSA) is 21.3 Å². The molecule has 0 aliphatic carbocycles. The molecule has 0 saturated carbocycles. The van der Waals surface area contributed by atoms with Crippen LogP contribution in [0.15, 0.2) is 18.2 Å². The monoisotopic (exact) mass is 241 g/mol. The van der Waals surface area contributed by atoms with Gasteiger partial charge in [-0.3, -0.25) is 0 Å². The normalized spacial score (nSPS) is 18.9. The lowest BCUT2D eigenvalue weighted by Gasteiger charge is -2.52. The standard InChI is InChI=1S/C13H17F2NO/c1-12(2,16-3)13(7-17-8-13)10-5-4-9(14)6-11(10)15/h4-6,16H,7-8H2,1-3H3. The minimum Gasteiger partial charge on any atom is -0.379 e. The molecule has 1 heterocycles. The molecule has 94 valence electrons. The van der Waals surface area contributed by atoms with Crippen molar-refractivity contribution in [1.29, 1.82) is 0 Å². The summed E-state index contributed by atoms with van der Waals surface area (Å²) in [6.07, 6.45) is 0. The van der Waals surface area contributed by atoms with Gasteiger partial charge in [0.2, 0.25) is 0 Å². The van der Waals surface area contributed by atoms with Crippen molar-refractivity contribution in [1.82, 2.24) is 5.32 Å². The van der Waals surface area contributed by atoms with E-state index in [9.17, 15) is 8.78 Å². The Hall–Kier alpha value is -1.00. The number of rotatable bonds is 3. The van der Waals surface area contributed by atoms with Gasteiger partial charge in [-0.25, -0.2) is 8.78 Å². The second-order valence-electron chi connectivity index (χ2n) is 5.07. The van der Waals surface area contributed by atoms with Gasteiger partial charge in [-0.15, -0.1) is 0 Å². The summed E-state index contributed by atoms with van der Waals surface area (Å²) in [6, 6.07) is 3.75. The Kier molecular flexibility index (Phi) is 2.96. The zero-order chi connectivity index (χ0) is 12.7. The highest BCUT2D eigenvalue weighted by molar-refractivity contribution is 5.34. The highest BCUT2D eigenvalue weighted by atomic mass is 19.1. The Morgan fingerprint density at radius 2 is 1.94 bits per heavy atom. The third kappa shape index (κ3) is 1.76. The van der Waals surface area contributed by atoms with E-state index >= 15 is 0 Å². The van der Waals surface area contributed by atoms with Crippen LogP contribution in [0.1, 0.15) is 19.4 Å². The zero-order valence-corrected chi connectivity index (χ0v) is 10.3. The lowest BCUT2D eigenvalue weighted by molar-refractivity contribution is -0.101. The third-order valence-corrected chi connectivity index (χ3v) is 3.97. The van der Waals surface area contributed by atoms with Gasteiger partial charge in [0.1, 0.15) is 11.6 Å². The van der Waals surface area contributed by atoms with Gasteiger partial charge in [0.05, 0.1) is 18.6 Å². The van der Waals surface area contributed by atoms with Crippen LogP contribution in [0.2, 0.25) is 0 Å². The van der Waals surface area contributed by atoms with Crippen LogP contribution in [0, 0.1) is 11.6 Å². The van der Waals surface area contributed by atoms with E-state index in [0.29, 0.717) is 18.8 Å². The molecule has 0 atom stereocenters. The van der Waals surface area contributed by atoms with Crippen LogP contribution in [0.4, 0.5) is 8.78 Å². The quantitative estimate of drug-likeness (QED) is 0.876. The number of hydrogen-bond acceptors (Lipinski definition) is 2. The first-order valence-electron chi connectivity index (χ1n) is 5.65. The number of likely N-dealkylation sites (N-methyl/N-ethyl adjacent to an activating group) is 1. The lowest BCUT2D eigenvalue weighted by Crippen LogP contribution is -2.66. The Morgan fingerprint density at radius 3 is 2.35 bits per heavy atom. The summed E-state index contributed by atoms with van der Waals surface area (Å²) in [5.41, 5.74) is -0.229. The SMILES string of the molecule is CNC(C)(C)C1(c2ccc(F)cc2F)COC1. The molecule has 0 aromatic heterocycles. The van der Waals surface area contributed by atoms with Gasteiger partial charge in [0, 0.05) is 17.2 Å². The lowest BCUT2D eigenvalue weighted by atomic mass is 9.65. The molecule has 1 aromatic carbocycles. The first kappa shape index (κ1) is 12.5. The molecule has 1 aliphatic heterocycles. The van der Waals surface area contributed by atoms with Gasteiger partial charge >= 0.3 is 0 Å². The molecule has 17 heavy (non-hydrogen) atoms. The fraction of sp³-hybridized carbons (Fsp3) is 0.538. The molecule has 1 N–H and O–H groups in total. The minimum atomic E-state index is -0.552. The maximum absolute atomic E-state index is 13.9. The van der Waals surface area contributed by atoms with Gasteiger partial charge in [0.25, 0.3) is 0 Å². The molecule has 1 fully saturated rings. The van der Waals surface area contributed by atoms with Crippen molar-refractivity contribution in [2.45, 2.75) is 24.8 Å². The van der Waals surface area contributed by atoms with Crippen LogP contribution in [-0.2, 0) is 10.2 Å². The van der Waals surface area contributed by atoms with Crippen molar-refractivity contribution in [2.24, 2.45) is 0 Å². The van der Waals surface area contributed by atoms with Crippen molar-refractivity contribution in [3.8, 4) is 0 Å². The van der Waals surface area contributed by atoms with E-state index in [1.165, 1.54) is 12.1 Å². The van der Waals surface area contributed by atoms with E-state index in [-0.39, 0.29) is 5.54 Å². The Morgan fingerprint density at radius 1 is 1.29 bits per heavy atom. The third-order valence-electron chi connectivity index (χ3n) is 3.97. The molecule has 1 saturated heterocycles. The molecule has 0 bridgehead atoms. The summed E-state index contributed by atoms with van der Waals surface area (Å²) in [7, 11) is 1.83. The zero-order valence-electron chi connectivity index (χ0n) is 10.3. The van der Waals surface area contributed by atoms with E-state index in [0.717, 1.165) is 6.07 Å². The van der Waals surface area contributed by atoms with Crippen LogP contribution in [0.25, 0.3) is 0 Å². The number of ether oxygens (including phenoxy) is 1. The second kappa shape index (κ2) is 4.03. The maximum atomic E-state index is 13.9. The summed E-state index contributed by atoms with van der Waals surface area (Å²) in [5.74, 6) is -1.06. The molecule has 4 heteroatoms. The largest absolute Gasteiger partial charge is 0.379 e. The van der Waals surface area contributed by atoms with Crippen molar-refractivity contribution in [2.75, 3.05) is 20.3 Å². The molecule has 2 rings (SSSR count). The number of halogens is 2. The molecule has 0 unspecified atom stereocenters. The van der Waals surface area contributed by atoms with Gasteiger partial charge < -0.3 is 10.1 Å². The predicted molar refractivity (Wildman–Crippen MR) is 62.0 cm³/mol. The average molecular weight is 241 g/mol.